The fourth-order valence-corrected chi connectivity index (χ4v) is 1.31. The second-order valence-corrected chi connectivity index (χ2v) is 3.70. The van der Waals surface area contributed by atoms with Gasteiger partial charge in [-0.25, -0.2) is 0 Å². The normalized spacial score (nSPS) is 11.7. The zero-order valence-corrected chi connectivity index (χ0v) is 10.0. The molecular weight excluding hydrogens is 240 g/mol. The molecule has 0 aliphatic heterocycles. The molecule has 1 atom stereocenters. The highest BCUT2D eigenvalue weighted by molar-refractivity contribution is 5.95. The van der Waals surface area contributed by atoms with Crippen molar-refractivity contribution in [1.82, 2.24) is 5.32 Å². The van der Waals surface area contributed by atoms with Gasteiger partial charge in [0.15, 0.2) is 5.75 Å². The second kappa shape index (κ2) is 5.97. The number of nitro groups is 1. The van der Waals surface area contributed by atoms with E-state index in [0.29, 0.717) is 0 Å². The maximum absolute atomic E-state index is 11.7. The Morgan fingerprint density at radius 1 is 1.61 bits per heavy atom. The van der Waals surface area contributed by atoms with Gasteiger partial charge in [0.2, 0.25) is 0 Å². The zero-order chi connectivity index (χ0) is 13.7. The first-order chi connectivity index (χ1) is 8.45. The molecule has 1 unspecified atom stereocenters. The highest BCUT2D eigenvalue weighted by Crippen LogP contribution is 2.27. The molecule has 0 spiro atoms. The van der Waals surface area contributed by atoms with E-state index in [1.165, 1.54) is 32.2 Å². The Hall–Kier alpha value is -2.15. The molecular formula is C11H14N2O5. The average molecular weight is 254 g/mol. The minimum absolute atomic E-state index is 0.0182. The molecule has 0 saturated carbocycles. The molecule has 0 aromatic heterocycles. The summed E-state index contributed by atoms with van der Waals surface area (Å²) >= 11 is 0. The highest BCUT2D eigenvalue weighted by Gasteiger charge is 2.17. The summed E-state index contributed by atoms with van der Waals surface area (Å²) in [6, 6.07) is 3.82. The van der Waals surface area contributed by atoms with Crippen LogP contribution in [0.25, 0.3) is 0 Å². The van der Waals surface area contributed by atoms with E-state index in [4.69, 9.17) is 9.84 Å². The Bertz CT molecular complexity index is 459. The van der Waals surface area contributed by atoms with Crippen molar-refractivity contribution in [3.05, 3.63) is 33.9 Å². The number of carbonyl (C=O) groups is 1. The summed E-state index contributed by atoms with van der Waals surface area (Å²) in [6.07, 6.45) is -0.658. The van der Waals surface area contributed by atoms with Crippen LogP contribution in [0.5, 0.6) is 5.75 Å². The number of amides is 1. The van der Waals surface area contributed by atoms with E-state index in [1.54, 1.807) is 0 Å². The van der Waals surface area contributed by atoms with Crippen molar-refractivity contribution in [1.29, 1.82) is 0 Å². The minimum atomic E-state index is -0.658. The molecule has 1 aromatic carbocycles. The van der Waals surface area contributed by atoms with E-state index in [-0.39, 0.29) is 23.5 Å². The van der Waals surface area contributed by atoms with Gasteiger partial charge in [0, 0.05) is 24.2 Å². The lowest BCUT2D eigenvalue weighted by molar-refractivity contribution is -0.385. The van der Waals surface area contributed by atoms with Gasteiger partial charge in [-0.15, -0.1) is 0 Å². The van der Waals surface area contributed by atoms with Crippen molar-refractivity contribution in [2.75, 3.05) is 13.7 Å². The third-order valence-electron chi connectivity index (χ3n) is 2.20. The van der Waals surface area contributed by atoms with E-state index in [1.807, 2.05) is 0 Å². The fraction of sp³-hybridized carbons (Fsp3) is 0.364. The number of nitrogens with one attached hydrogen (secondary N) is 1. The van der Waals surface area contributed by atoms with Crippen molar-refractivity contribution >= 4 is 11.6 Å². The van der Waals surface area contributed by atoms with Crippen LogP contribution in [-0.4, -0.2) is 35.7 Å². The molecule has 0 radical (unpaired) electrons. The molecule has 98 valence electrons. The quantitative estimate of drug-likeness (QED) is 0.595. The molecule has 7 heteroatoms. The van der Waals surface area contributed by atoms with Crippen molar-refractivity contribution in [2.24, 2.45) is 0 Å². The van der Waals surface area contributed by atoms with E-state index in [9.17, 15) is 14.9 Å². The largest absolute Gasteiger partial charge is 0.490 e. The third kappa shape index (κ3) is 3.42. The van der Waals surface area contributed by atoms with Crippen molar-refractivity contribution < 1.29 is 19.6 Å². The van der Waals surface area contributed by atoms with Crippen LogP contribution < -0.4 is 10.1 Å². The number of hydrogen-bond acceptors (Lipinski definition) is 5. The first-order valence-electron chi connectivity index (χ1n) is 5.24. The molecule has 0 fully saturated rings. The molecule has 0 saturated heterocycles. The zero-order valence-electron chi connectivity index (χ0n) is 10.0. The number of rotatable bonds is 5. The van der Waals surface area contributed by atoms with Gasteiger partial charge in [0.25, 0.3) is 5.91 Å². The molecule has 0 bridgehead atoms. The molecule has 0 heterocycles. The number of carbonyl (C=O) groups excluding carboxylic acids is 1. The number of nitro benzene ring substituents is 1. The number of nitrogens with zero attached hydrogens (tertiary/aromatic N) is 1. The number of methoxy groups -OCH3 is 1. The standard InChI is InChI=1S/C11H14N2O5/c1-7(14)6-12-11(15)8-3-4-9(13(16)17)10(5-8)18-2/h3-5,7,14H,6H2,1-2H3,(H,12,15). The van der Waals surface area contributed by atoms with Crippen LogP contribution in [0.15, 0.2) is 18.2 Å². The fourth-order valence-electron chi connectivity index (χ4n) is 1.31. The molecule has 1 rings (SSSR count). The number of benzene rings is 1. The Labute approximate surface area is 104 Å². The maximum atomic E-state index is 11.7. The van der Waals surface area contributed by atoms with Gasteiger partial charge in [0.1, 0.15) is 0 Å². The third-order valence-corrected chi connectivity index (χ3v) is 2.20. The molecule has 1 amide bonds. The average Bonchev–Trinajstić information content (AvgIpc) is 2.34. The summed E-state index contributed by atoms with van der Waals surface area (Å²) in [4.78, 5) is 21.7. The van der Waals surface area contributed by atoms with Gasteiger partial charge in [-0.05, 0) is 13.0 Å². The summed E-state index contributed by atoms with van der Waals surface area (Å²) in [5.41, 5.74) is 0.0303. The molecule has 1 aromatic rings. The van der Waals surface area contributed by atoms with Crippen LogP contribution in [0.4, 0.5) is 5.69 Å². The van der Waals surface area contributed by atoms with Crippen molar-refractivity contribution in [3.8, 4) is 5.75 Å². The summed E-state index contributed by atoms with van der Waals surface area (Å²) in [6.45, 7) is 1.65. The van der Waals surface area contributed by atoms with E-state index >= 15 is 0 Å². The first kappa shape index (κ1) is 13.9. The Balaban J connectivity index is 2.91. The van der Waals surface area contributed by atoms with Crippen LogP contribution >= 0.6 is 0 Å². The minimum Gasteiger partial charge on any atom is -0.490 e. The van der Waals surface area contributed by atoms with Crippen LogP contribution in [0.2, 0.25) is 0 Å². The van der Waals surface area contributed by atoms with Gasteiger partial charge in [0.05, 0.1) is 18.1 Å². The number of hydrogen-bond donors (Lipinski definition) is 2. The summed E-state index contributed by atoms with van der Waals surface area (Å²) < 4.78 is 4.85. The predicted octanol–water partition coefficient (Wildman–Crippen LogP) is 0.714. The van der Waals surface area contributed by atoms with Gasteiger partial charge < -0.3 is 15.2 Å². The van der Waals surface area contributed by atoms with Crippen LogP contribution in [0.3, 0.4) is 0 Å². The molecule has 0 aliphatic rings. The maximum Gasteiger partial charge on any atom is 0.310 e. The van der Waals surface area contributed by atoms with E-state index < -0.39 is 16.9 Å². The van der Waals surface area contributed by atoms with Crippen LogP contribution in [0.1, 0.15) is 17.3 Å². The Kier molecular flexibility index (Phi) is 4.61. The predicted molar refractivity (Wildman–Crippen MR) is 63.7 cm³/mol. The van der Waals surface area contributed by atoms with E-state index in [0.717, 1.165) is 0 Å². The smallest absolute Gasteiger partial charge is 0.310 e. The highest BCUT2D eigenvalue weighted by atomic mass is 16.6. The first-order valence-corrected chi connectivity index (χ1v) is 5.24. The lowest BCUT2D eigenvalue weighted by atomic mass is 10.1. The van der Waals surface area contributed by atoms with Crippen molar-refractivity contribution in [2.45, 2.75) is 13.0 Å². The van der Waals surface area contributed by atoms with Gasteiger partial charge in [-0.3, -0.25) is 14.9 Å². The van der Waals surface area contributed by atoms with E-state index in [2.05, 4.69) is 5.32 Å². The molecule has 18 heavy (non-hydrogen) atoms. The SMILES string of the molecule is COc1cc(C(=O)NCC(C)O)ccc1[N+](=O)[O-]. The summed E-state index contributed by atoms with van der Waals surface area (Å²) in [5, 5.41) is 22.2. The van der Waals surface area contributed by atoms with Gasteiger partial charge in [-0.1, -0.05) is 0 Å². The molecule has 0 aliphatic carbocycles. The summed E-state index contributed by atoms with van der Waals surface area (Å²) in [5.74, 6) is -0.409. The molecule has 2 N–H and O–H groups in total. The summed E-state index contributed by atoms with van der Waals surface area (Å²) in [7, 11) is 1.29. The second-order valence-electron chi connectivity index (χ2n) is 3.70. The number of aliphatic hydroxyl groups excluding tert-OH is 1. The Morgan fingerprint density at radius 3 is 2.78 bits per heavy atom. The Morgan fingerprint density at radius 2 is 2.28 bits per heavy atom. The van der Waals surface area contributed by atoms with Crippen LogP contribution in [0, 0.1) is 10.1 Å². The lowest BCUT2D eigenvalue weighted by Crippen LogP contribution is -2.30. The van der Waals surface area contributed by atoms with Crippen LogP contribution in [-0.2, 0) is 0 Å². The molecule has 7 nitrogen and oxygen atoms in total. The number of aliphatic hydroxyl groups is 1. The monoisotopic (exact) mass is 254 g/mol. The van der Waals surface area contributed by atoms with Crippen molar-refractivity contribution in [3.63, 3.8) is 0 Å². The number of ether oxygens (including phenoxy) is 1. The van der Waals surface area contributed by atoms with Gasteiger partial charge in [-0.2, -0.15) is 0 Å². The lowest BCUT2D eigenvalue weighted by Gasteiger charge is -2.08. The van der Waals surface area contributed by atoms with Gasteiger partial charge >= 0.3 is 5.69 Å². The topological polar surface area (TPSA) is 102 Å².